The number of ether oxygens (including phenoxy) is 1. The number of amides is 1. The molecule has 32 heavy (non-hydrogen) atoms. The number of benzene rings is 1. The van der Waals surface area contributed by atoms with E-state index < -0.39 is 5.54 Å². The topological polar surface area (TPSA) is 83.7 Å². The summed E-state index contributed by atoms with van der Waals surface area (Å²) in [5.74, 6) is 0.853. The number of rotatable bonds is 8. The van der Waals surface area contributed by atoms with Gasteiger partial charge in [0.25, 0.3) is 0 Å². The van der Waals surface area contributed by atoms with Crippen molar-refractivity contribution in [3.8, 4) is 5.88 Å². The van der Waals surface area contributed by atoms with Crippen LogP contribution in [0.15, 0.2) is 30.3 Å². The SMILES string of the molecule is CCCCOc1cc2c(c(N)n1)NC(=O)C1(CC1)N2Cc1cccc(CN2CCCC2)c1. The van der Waals surface area contributed by atoms with Gasteiger partial charge in [-0.15, -0.1) is 0 Å². The van der Waals surface area contributed by atoms with Gasteiger partial charge in [0.2, 0.25) is 11.8 Å². The number of unbranched alkanes of at least 4 members (excludes halogenated alkanes) is 1. The van der Waals surface area contributed by atoms with Crippen molar-refractivity contribution in [1.29, 1.82) is 0 Å². The Kier molecular flexibility index (Phi) is 5.67. The van der Waals surface area contributed by atoms with Crippen LogP contribution in [-0.4, -0.2) is 41.0 Å². The van der Waals surface area contributed by atoms with Gasteiger partial charge in [0.1, 0.15) is 11.2 Å². The van der Waals surface area contributed by atoms with Gasteiger partial charge in [-0.2, -0.15) is 4.98 Å². The van der Waals surface area contributed by atoms with Crippen molar-refractivity contribution >= 4 is 23.1 Å². The number of aromatic nitrogens is 1. The number of hydrogen-bond donors (Lipinski definition) is 2. The molecule has 2 fully saturated rings. The van der Waals surface area contributed by atoms with Crippen molar-refractivity contribution in [2.75, 3.05) is 35.6 Å². The molecule has 3 heterocycles. The monoisotopic (exact) mass is 435 g/mol. The molecule has 2 aromatic rings. The number of nitrogens with two attached hydrogens (primary N) is 1. The molecule has 7 nitrogen and oxygen atoms in total. The first-order chi connectivity index (χ1) is 15.6. The number of fused-ring (bicyclic) bond motifs is 1. The number of nitrogens with one attached hydrogen (secondary N) is 1. The van der Waals surface area contributed by atoms with Gasteiger partial charge in [-0.05, 0) is 56.3 Å². The number of hydrogen-bond acceptors (Lipinski definition) is 6. The van der Waals surface area contributed by atoms with Crippen LogP contribution in [0.3, 0.4) is 0 Å². The normalized spacial score (nSPS) is 19.2. The van der Waals surface area contributed by atoms with Crippen LogP contribution in [0.1, 0.15) is 56.6 Å². The Morgan fingerprint density at radius 3 is 2.62 bits per heavy atom. The number of pyridine rings is 1. The summed E-state index contributed by atoms with van der Waals surface area (Å²) in [6.45, 7) is 6.75. The molecule has 3 N–H and O–H groups in total. The van der Waals surface area contributed by atoms with Crippen LogP contribution in [0.4, 0.5) is 17.2 Å². The van der Waals surface area contributed by atoms with E-state index in [0.717, 1.165) is 37.9 Å². The van der Waals surface area contributed by atoms with Gasteiger partial charge in [-0.1, -0.05) is 37.6 Å². The predicted octanol–water partition coefficient (Wildman–Crippen LogP) is 3.93. The molecule has 1 amide bonds. The average Bonchev–Trinajstić information content (AvgIpc) is 3.42. The minimum atomic E-state index is -0.494. The number of likely N-dealkylation sites (tertiary alicyclic amines) is 1. The predicted molar refractivity (Wildman–Crippen MR) is 127 cm³/mol. The number of anilines is 3. The van der Waals surface area contributed by atoms with Crippen LogP contribution in [-0.2, 0) is 17.9 Å². The molecular formula is C25H33N5O2. The van der Waals surface area contributed by atoms with E-state index in [1.807, 2.05) is 6.07 Å². The van der Waals surface area contributed by atoms with Crippen molar-refractivity contribution in [1.82, 2.24) is 9.88 Å². The second-order valence-electron chi connectivity index (χ2n) is 9.32. The van der Waals surface area contributed by atoms with E-state index in [0.29, 0.717) is 30.5 Å². The van der Waals surface area contributed by atoms with Gasteiger partial charge in [0.05, 0.1) is 12.3 Å². The van der Waals surface area contributed by atoms with Crippen molar-refractivity contribution in [3.05, 3.63) is 41.5 Å². The maximum Gasteiger partial charge on any atom is 0.250 e. The minimum Gasteiger partial charge on any atom is -0.478 e. The minimum absolute atomic E-state index is 0.0198. The van der Waals surface area contributed by atoms with E-state index in [2.05, 4.69) is 51.3 Å². The fraction of sp³-hybridized carbons (Fsp3) is 0.520. The molecule has 1 saturated heterocycles. The highest BCUT2D eigenvalue weighted by molar-refractivity contribution is 6.10. The second-order valence-corrected chi connectivity index (χ2v) is 9.32. The number of carbonyl (C=O) groups is 1. The summed E-state index contributed by atoms with van der Waals surface area (Å²) >= 11 is 0. The Bertz CT molecular complexity index is 998. The van der Waals surface area contributed by atoms with Gasteiger partial charge in [-0.25, -0.2) is 0 Å². The molecule has 0 atom stereocenters. The van der Waals surface area contributed by atoms with Crippen LogP contribution in [0.2, 0.25) is 0 Å². The van der Waals surface area contributed by atoms with Crippen LogP contribution in [0.5, 0.6) is 5.88 Å². The summed E-state index contributed by atoms with van der Waals surface area (Å²) < 4.78 is 5.86. The quantitative estimate of drug-likeness (QED) is 0.612. The number of nitrogen functional groups attached to an aromatic ring is 1. The fourth-order valence-corrected chi connectivity index (χ4v) is 4.91. The second kappa shape index (κ2) is 8.62. The molecule has 3 aliphatic rings. The molecule has 1 aromatic carbocycles. The average molecular weight is 436 g/mol. The van der Waals surface area contributed by atoms with Crippen molar-refractivity contribution < 1.29 is 9.53 Å². The van der Waals surface area contributed by atoms with Gasteiger partial charge in [0.15, 0.2) is 5.82 Å². The number of nitrogens with zero attached hydrogens (tertiary/aromatic N) is 3. The van der Waals surface area contributed by atoms with Gasteiger partial charge < -0.3 is 20.7 Å². The lowest BCUT2D eigenvalue weighted by Gasteiger charge is -2.39. The zero-order valence-corrected chi connectivity index (χ0v) is 18.9. The van der Waals surface area contributed by atoms with E-state index in [-0.39, 0.29) is 5.91 Å². The molecule has 1 spiro atoms. The third-order valence-electron chi connectivity index (χ3n) is 6.88. The van der Waals surface area contributed by atoms with E-state index in [1.165, 1.54) is 37.1 Å². The largest absolute Gasteiger partial charge is 0.478 e. The van der Waals surface area contributed by atoms with Gasteiger partial charge >= 0.3 is 0 Å². The summed E-state index contributed by atoms with van der Waals surface area (Å²) in [7, 11) is 0. The molecule has 170 valence electrons. The van der Waals surface area contributed by atoms with Gasteiger partial charge in [0, 0.05) is 19.2 Å². The van der Waals surface area contributed by atoms with Crippen molar-refractivity contribution in [3.63, 3.8) is 0 Å². The van der Waals surface area contributed by atoms with E-state index in [9.17, 15) is 4.79 Å². The lowest BCUT2D eigenvalue weighted by atomic mass is 10.0. The van der Waals surface area contributed by atoms with E-state index in [4.69, 9.17) is 10.5 Å². The molecule has 1 aliphatic carbocycles. The Morgan fingerprint density at radius 1 is 1.16 bits per heavy atom. The summed E-state index contributed by atoms with van der Waals surface area (Å²) in [4.78, 5) is 22.1. The fourth-order valence-electron chi connectivity index (χ4n) is 4.91. The third-order valence-corrected chi connectivity index (χ3v) is 6.88. The third kappa shape index (κ3) is 4.01. The first kappa shape index (κ1) is 21.1. The highest BCUT2D eigenvalue weighted by atomic mass is 16.5. The first-order valence-electron chi connectivity index (χ1n) is 11.9. The molecule has 0 bridgehead atoms. The Labute approximate surface area is 189 Å². The summed E-state index contributed by atoms with van der Waals surface area (Å²) in [6.07, 6.45) is 6.30. The lowest BCUT2D eigenvalue weighted by molar-refractivity contribution is -0.118. The molecule has 1 aromatic heterocycles. The van der Waals surface area contributed by atoms with E-state index >= 15 is 0 Å². The maximum atomic E-state index is 13.0. The molecule has 0 unspecified atom stereocenters. The summed E-state index contributed by atoms with van der Waals surface area (Å²) in [5, 5.41) is 3.02. The summed E-state index contributed by atoms with van der Waals surface area (Å²) in [6, 6.07) is 10.7. The standard InChI is InChI=1S/C25H33N5O2/c1-2-3-13-32-21-15-20-22(23(26)27-21)28-24(31)25(9-10-25)30(20)17-19-8-6-7-18(14-19)16-29-11-4-5-12-29/h6-8,14-15H,2-5,9-13,16-17H2,1H3,(H2,26,27)(H,28,31). The zero-order chi connectivity index (χ0) is 22.1. The van der Waals surface area contributed by atoms with Crippen LogP contribution in [0, 0.1) is 0 Å². The Morgan fingerprint density at radius 2 is 1.91 bits per heavy atom. The van der Waals surface area contributed by atoms with Gasteiger partial charge in [-0.3, -0.25) is 9.69 Å². The molecule has 2 aliphatic heterocycles. The molecule has 5 rings (SSSR count). The highest BCUT2D eigenvalue weighted by Crippen LogP contribution is 2.52. The first-order valence-corrected chi connectivity index (χ1v) is 11.9. The molecule has 1 saturated carbocycles. The van der Waals surface area contributed by atoms with Crippen molar-refractivity contribution in [2.24, 2.45) is 0 Å². The van der Waals surface area contributed by atoms with E-state index in [1.54, 1.807) is 0 Å². The smallest absolute Gasteiger partial charge is 0.250 e. The molecular weight excluding hydrogens is 402 g/mol. The molecule has 0 radical (unpaired) electrons. The van der Waals surface area contributed by atoms with Crippen LogP contribution >= 0.6 is 0 Å². The Hall–Kier alpha value is -2.80. The lowest BCUT2D eigenvalue weighted by Crippen LogP contribution is -2.50. The number of carbonyl (C=O) groups excluding carboxylic acids is 1. The van der Waals surface area contributed by atoms with Crippen LogP contribution in [0.25, 0.3) is 0 Å². The van der Waals surface area contributed by atoms with Crippen LogP contribution < -0.4 is 20.7 Å². The summed E-state index contributed by atoms with van der Waals surface area (Å²) in [5.41, 5.74) is 9.80. The highest BCUT2D eigenvalue weighted by Gasteiger charge is 2.57. The maximum absolute atomic E-state index is 13.0. The molecule has 7 heteroatoms. The Balaban J connectivity index is 1.43. The van der Waals surface area contributed by atoms with Crippen molar-refractivity contribution in [2.45, 2.75) is 64.1 Å². The zero-order valence-electron chi connectivity index (χ0n) is 18.9.